The van der Waals surface area contributed by atoms with Crippen LogP contribution >= 0.6 is 11.3 Å². The van der Waals surface area contributed by atoms with E-state index in [-0.39, 0.29) is 0 Å². The summed E-state index contributed by atoms with van der Waals surface area (Å²) in [6, 6.07) is 15.0. The molecule has 6 rings (SSSR count). The summed E-state index contributed by atoms with van der Waals surface area (Å²) in [7, 11) is 0. The Morgan fingerprint density at radius 2 is 1.65 bits per heavy atom. The smallest absolute Gasteiger partial charge is 0.163 e. The minimum atomic E-state index is 0.765. The Hall–Kier alpha value is -2.50. The third-order valence-corrected chi connectivity index (χ3v) is 7.82. The highest BCUT2D eigenvalue weighted by atomic mass is 32.1. The molecule has 158 valence electrons. The van der Waals surface area contributed by atoms with E-state index in [1.54, 1.807) is 0 Å². The number of aryl methyl sites for hydroxylation is 2. The highest BCUT2D eigenvalue weighted by Crippen LogP contribution is 2.40. The van der Waals surface area contributed by atoms with Crippen LogP contribution in [-0.2, 0) is 17.6 Å². The van der Waals surface area contributed by atoms with Gasteiger partial charge in [-0.25, -0.2) is 9.97 Å². The van der Waals surface area contributed by atoms with Gasteiger partial charge in [0.05, 0.1) is 18.6 Å². The number of hydrogen-bond donors (Lipinski definition) is 0. The molecule has 2 aromatic heterocycles. The fourth-order valence-electron chi connectivity index (χ4n) is 5.04. The number of thiophene rings is 1. The molecular weight excluding hydrogens is 402 g/mol. The second-order valence-corrected chi connectivity index (χ2v) is 9.68. The molecular formula is C26H27N3OS. The molecule has 0 amide bonds. The molecule has 0 unspecified atom stereocenters. The fraction of sp³-hybridized carbons (Fsp3) is 0.385. The SMILES string of the molecule is c1ccc2c(-c3nc(N4CCOCC4)c4c5c(sc4n3)CCCCCC5)cccc2c1. The van der Waals surface area contributed by atoms with Crippen molar-refractivity contribution < 1.29 is 4.74 Å². The summed E-state index contributed by atoms with van der Waals surface area (Å²) in [5, 5.41) is 3.76. The third kappa shape index (κ3) is 3.50. The Bertz CT molecular complexity index is 1240. The summed E-state index contributed by atoms with van der Waals surface area (Å²) in [5.41, 5.74) is 2.64. The number of anilines is 1. The van der Waals surface area contributed by atoms with Gasteiger partial charge in [-0.15, -0.1) is 11.3 Å². The molecule has 0 atom stereocenters. The van der Waals surface area contributed by atoms with Crippen molar-refractivity contribution in [3.8, 4) is 11.4 Å². The second kappa shape index (κ2) is 8.21. The van der Waals surface area contributed by atoms with Crippen molar-refractivity contribution in [1.82, 2.24) is 9.97 Å². The zero-order chi connectivity index (χ0) is 20.6. The molecule has 4 aromatic rings. The van der Waals surface area contributed by atoms with Gasteiger partial charge in [0.1, 0.15) is 10.6 Å². The molecule has 0 bridgehead atoms. The highest BCUT2D eigenvalue weighted by molar-refractivity contribution is 7.19. The number of nitrogens with zero attached hydrogens (tertiary/aromatic N) is 3. The topological polar surface area (TPSA) is 38.2 Å². The van der Waals surface area contributed by atoms with Gasteiger partial charge in [-0.05, 0) is 42.0 Å². The standard InChI is InChI=1S/C26H27N3OS/c1-2-4-13-22-21(11-3-1)23-25(29-14-16-30-17-15-29)27-24(28-26(23)31-22)20-12-7-9-18-8-5-6-10-19(18)20/h5-10,12H,1-4,11,13-17H2. The van der Waals surface area contributed by atoms with Gasteiger partial charge in [-0.1, -0.05) is 55.3 Å². The van der Waals surface area contributed by atoms with Crippen LogP contribution in [0.3, 0.4) is 0 Å². The maximum Gasteiger partial charge on any atom is 0.163 e. The Morgan fingerprint density at radius 1 is 0.839 bits per heavy atom. The van der Waals surface area contributed by atoms with Crippen molar-refractivity contribution in [2.24, 2.45) is 0 Å². The number of hydrogen-bond acceptors (Lipinski definition) is 5. The summed E-state index contributed by atoms with van der Waals surface area (Å²) in [5.74, 6) is 1.97. The van der Waals surface area contributed by atoms with E-state index in [4.69, 9.17) is 14.7 Å². The first-order valence-corrected chi connectivity index (χ1v) is 12.3. The van der Waals surface area contributed by atoms with E-state index in [1.165, 1.54) is 58.7 Å². The van der Waals surface area contributed by atoms with Crippen LogP contribution in [-0.4, -0.2) is 36.3 Å². The number of fused-ring (bicyclic) bond motifs is 4. The monoisotopic (exact) mass is 429 g/mol. The molecule has 31 heavy (non-hydrogen) atoms. The lowest BCUT2D eigenvalue weighted by Crippen LogP contribution is -2.37. The van der Waals surface area contributed by atoms with Gasteiger partial charge in [-0.3, -0.25) is 0 Å². The van der Waals surface area contributed by atoms with E-state index in [0.717, 1.165) is 54.8 Å². The second-order valence-electron chi connectivity index (χ2n) is 8.60. The lowest BCUT2D eigenvalue weighted by molar-refractivity contribution is 0.122. The van der Waals surface area contributed by atoms with Crippen LogP contribution in [0.2, 0.25) is 0 Å². The van der Waals surface area contributed by atoms with Crippen LogP contribution in [0.5, 0.6) is 0 Å². The number of rotatable bonds is 2. The summed E-state index contributed by atoms with van der Waals surface area (Å²) in [6.45, 7) is 3.32. The molecule has 0 radical (unpaired) electrons. The summed E-state index contributed by atoms with van der Waals surface area (Å²) in [6.07, 6.45) is 7.57. The van der Waals surface area contributed by atoms with Gasteiger partial charge in [0.15, 0.2) is 5.82 Å². The molecule has 0 saturated carbocycles. The van der Waals surface area contributed by atoms with Gasteiger partial charge < -0.3 is 9.64 Å². The first-order chi connectivity index (χ1) is 15.4. The van der Waals surface area contributed by atoms with Gasteiger partial charge >= 0.3 is 0 Å². The van der Waals surface area contributed by atoms with Crippen LogP contribution in [0.25, 0.3) is 32.4 Å². The highest BCUT2D eigenvalue weighted by Gasteiger charge is 2.24. The Labute approximate surface area is 186 Å². The molecule has 0 N–H and O–H groups in total. The molecule has 2 aromatic carbocycles. The maximum atomic E-state index is 5.65. The minimum Gasteiger partial charge on any atom is -0.378 e. The predicted molar refractivity (Wildman–Crippen MR) is 129 cm³/mol. The van der Waals surface area contributed by atoms with Crippen molar-refractivity contribution >= 4 is 38.1 Å². The lowest BCUT2D eigenvalue weighted by Gasteiger charge is -2.29. The molecule has 5 heteroatoms. The maximum absolute atomic E-state index is 5.65. The van der Waals surface area contributed by atoms with Gasteiger partial charge in [0.25, 0.3) is 0 Å². The van der Waals surface area contributed by atoms with E-state index in [0.29, 0.717) is 0 Å². The average Bonchev–Trinajstić information content (AvgIpc) is 3.15. The van der Waals surface area contributed by atoms with E-state index in [9.17, 15) is 0 Å². The minimum absolute atomic E-state index is 0.765. The lowest BCUT2D eigenvalue weighted by atomic mass is 9.97. The van der Waals surface area contributed by atoms with Crippen LogP contribution in [0, 0.1) is 0 Å². The summed E-state index contributed by atoms with van der Waals surface area (Å²) in [4.78, 5) is 15.5. The molecule has 2 aliphatic rings. The van der Waals surface area contributed by atoms with Crippen molar-refractivity contribution in [3.05, 3.63) is 52.9 Å². The summed E-state index contributed by atoms with van der Waals surface area (Å²) >= 11 is 1.91. The van der Waals surface area contributed by atoms with Crippen molar-refractivity contribution in [2.75, 3.05) is 31.2 Å². The first kappa shape index (κ1) is 19.2. The van der Waals surface area contributed by atoms with Crippen molar-refractivity contribution in [1.29, 1.82) is 0 Å². The van der Waals surface area contributed by atoms with Crippen LogP contribution in [0.4, 0.5) is 5.82 Å². The molecule has 1 aliphatic heterocycles. The normalized spacial score (nSPS) is 17.5. The van der Waals surface area contributed by atoms with Crippen LogP contribution in [0.15, 0.2) is 42.5 Å². The average molecular weight is 430 g/mol. The third-order valence-electron chi connectivity index (χ3n) is 6.64. The van der Waals surface area contributed by atoms with Crippen molar-refractivity contribution in [3.63, 3.8) is 0 Å². The number of benzene rings is 2. The largest absolute Gasteiger partial charge is 0.378 e. The van der Waals surface area contributed by atoms with E-state index >= 15 is 0 Å². The van der Waals surface area contributed by atoms with Gasteiger partial charge in [-0.2, -0.15) is 0 Å². The Balaban J connectivity index is 1.59. The molecule has 1 fully saturated rings. The molecule has 3 heterocycles. The number of ether oxygens (including phenoxy) is 1. The quantitative estimate of drug-likeness (QED) is 0.391. The fourth-order valence-corrected chi connectivity index (χ4v) is 6.29. The van der Waals surface area contributed by atoms with E-state index in [2.05, 4.69) is 47.4 Å². The van der Waals surface area contributed by atoms with Gasteiger partial charge in [0.2, 0.25) is 0 Å². The predicted octanol–water partition coefficient (Wildman–Crippen LogP) is 6.01. The first-order valence-electron chi connectivity index (χ1n) is 11.5. The molecule has 4 nitrogen and oxygen atoms in total. The van der Waals surface area contributed by atoms with Crippen molar-refractivity contribution in [2.45, 2.75) is 38.5 Å². The van der Waals surface area contributed by atoms with E-state index in [1.807, 2.05) is 11.3 Å². The number of morpholine rings is 1. The zero-order valence-corrected chi connectivity index (χ0v) is 18.6. The van der Waals surface area contributed by atoms with E-state index < -0.39 is 0 Å². The molecule has 1 aliphatic carbocycles. The molecule has 1 saturated heterocycles. The van der Waals surface area contributed by atoms with Gasteiger partial charge in [0, 0.05) is 23.5 Å². The summed E-state index contributed by atoms with van der Waals surface area (Å²) < 4.78 is 5.65. The zero-order valence-electron chi connectivity index (χ0n) is 17.8. The molecule has 0 spiro atoms. The van der Waals surface area contributed by atoms with Crippen LogP contribution in [0.1, 0.15) is 36.1 Å². The Morgan fingerprint density at radius 3 is 2.55 bits per heavy atom. The number of aromatic nitrogens is 2. The Kier molecular flexibility index (Phi) is 5.09. The van der Waals surface area contributed by atoms with Crippen LogP contribution < -0.4 is 4.90 Å².